The van der Waals surface area contributed by atoms with Crippen LogP contribution in [0.15, 0.2) is 35.0 Å². The molecule has 1 aromatic carbocycles. The zero-order valence-corrected chi connectivity index (χ0v) is 11.5. The summed E-state index contributed by atoms with van der Waals surface area (Å²) in [6, 6.07) is 7.95. The number of hydrogen-bond acceptors (Lipinski definition) is 3. The summed E-state index contributed by atoms with van der Waals surface area (Å²) in [5.74, 6) is 0.898. The molecule has 0 saturated heterocycles. The van der Waals surface area contributed by atoms with Gasteiger partial charge < -0.3 is 9.84 Å². The number of thiophene rings is 1. The summed E-state index contributed by atoms with van der Waals surface area (Å²) < 4.78 is 5.77. The maximum atomic E-state index is 9.50. The SMILES string of the molecule is Cc1cc([C@H](C)O)ccc1OCCc1ccsc1. The summed E-state index contributed by atoms with van der Waals surface area (Å²) in [5.41, 5.74) is 3.31. The van der Waals surface area contributed by atoms with Crippen LogP contribution in [-0.2, 0) is 6.42 Å². The van der Waals surface area contributed by atoms with Crippen LogP contribution in [0.2, 0.25) is 0 Å². The van der Waals surface area contributed by atoms with Crippen LogP contribution in [0.5, 0.6) is 5.75 Å². The fourth-order valence-corrected chi connectivity index (χ4v) is 2.51. The van der Waals surface area contributed by atoms with Gasteiger partial charge in [-0.2, -0.15) is 11.3 Å². The lowest BCUT2D eigenvalue weighted by molar-refractivity contribution is 0.199. The molecule has 2 nitrogen and oxygen atoms in total. The molecule has 0 fully saturated rings. The van der Waals surface area contributed by atoms with Crippen molar-refractivity contribution in [1.29, 1.82) is 0 Å². The van der Waals surface area contributed by atoms with Crippen LogP contribution in [-0.4, -0.2) is 11.7 Å². The third-order valence-corrected chi connectivity index (χ3v) is 3.64. The fraction of sp³-hybridized carbons (Fsp3) is 0.333. The first kappa shape index (κ1) is 13.1. The van der Waals surface area contributed by atoms with Crippen LogP contribution in [0, 0.1) is 6.92 Å². The molecule has 18 heavy (non-hydrogen) atoms. The topological polar surface area (TPSA) is 29.5 Å². The maximum absolute atomic E-state index is 9.50. The van der Waals surface area contributed by atoms with Crippen molar-refractivity contribution in [3.63, 3.8) is 0 Å². The van der Waals surface area contributed by atoms with Crippen molar-refractivity contribution < 1.29 is 9.84 Å². The standard InChI is InChI=1S/C15H18O2S/c1-11-9-14(12(2)16)3-4-15(11)17-7-5-13-6-8-18-10-13/h3-4,6,8-10,12,16H,5,7H2,1-2H3/t12-/m0/s1. The van der Waals surface area contributed by atoms with Crippen molar-refractivity contribution in [1.82, 2.24) is 0 Å². The van der Waals surface area contributed by atoms with Gasteiger partial charge in [0.05, 0.1) is 12.7 Å². The summed E-state index contributed by atoms with van der Waals surface area (Å²) in [6.07, 6.45) is 0.504. The van der Waals surface area contributed by atoms with E-state index in [2.05, 4.69) is 16.8 Å². The Morgan fingerprint density at radius 2 is 2.17 bits per heavy atom. The highest BCUT2D eigenvalue weighted by atomic mass is 32.1. The molecule has 0 bridgehead atoms. The van der Waals surface area contributed by atoms with Gasteiger partial charge in [-0.15, -0.1) is 0 Å². The summed E-state index contributed by atoms with van der Waals surface area (Å²) in [6.45, 7) is 4.46. The van der Waals surface area contributed by atoms with E-state index in [1.807, 2.05) is 25.1 Å². The van der Waals surface area contributed by atoms with E-state index in [1.165, 1.54) is 5.56 Å². The van der Waals surface area contributed by atoms with Crippen LogP contribution >= 0.6 is 11.3 Å². The third-order valence-electron chi connectivity index (χ3n) is 2.91. The second kappa shape index (κ2) is 6.03. The fourth-order valence-electron chi connectivity index (χ4n) is 1.81. The Labute approximate surface area is 112 Å². The highest BCUT2D eigenvalue weighted by Crippen LogP contribution is 2.22. The van der Waals surface area contributed by atoms with E-state index >= 15 is 0 Å². The van der Waals surface area contributed by atoms with Gasteiger partial charge in [0, 0.05) is 6.42 Å². The Bertz CT molecular complexity index is 489. The monoisotopic (exact) mass is 262 g/mol. The van der Waals surface area contributed by atoms with E-state index in [0.717, 1.165) is 23.3 Å². The Hall–Kier alpha value is -1.32. The highest BCUT2D eigenvalue weighted by molar-refractivity contribution is 7.07. The van der Waals surface area contributed by atoms with Gasteiger partial charge in [-0.1, -0.05) is 6.07 Å². The molecule has 0 radical (unpaired) electrons. The molecule has 0 unspecified atom stereocenters. The first-order chi connectivity index (χ1) is 8.66. The molecule has 96 valence electrons. The minimum atomic E-state index is -0.427. The molecule has 0 aliphatic carbocycles. The van der Waals surface area contributed by atoms with E-state index in [1.54, 1.807) is 18.3 Å². The highest BCUT2D eigenvalue weighted by Gasteiger charge is 2.05. The number of aliphatic hydroxyl groups is 1. The zero-order chi connectivity index (χ0) is 13.0. The minimum absolute atomic E-state index is 0.427. The van der Waals surface area contributed by atoms with Gasteiger partial charge in [0.2, 0.25) is 0 Å². The number of benzene rings is 1. The van der Waals surface area contributed by atoms with Gasteiger partial charge in [-0.3, -0.25) is 0 Å². The van der Waals surface area contributed by atoms with Gasteiger partial charge >= 0.3 is 0 Å². The first-order valence-corrected chi connectivity index (χ1v) is 7.03. The molecule has 2 aromatic rings. The van der Waals surface area contributed by atoms with Crippen molar-refractivity contribution in [2.45, 2.75) is 26.4 Å². The van der Waals surface area contributed by atoms with Crippen molar-refractivity contribution in [3.8, 4) is 5.75 Å². The van der Waals surface area contributed by atoms with Crippen molar-refractivity contribution >= 4 is 11.3 Å². The van der Waals surface area contributed by atoms with E-state index in [4.69, 9.17) is 4.74 Å². The van der Waals surface area contributed by atoms with E-state index < -0.39 is 6.10 Å². The predicted octanol–water partition coefficient (Wildman–Crippen LogP) is 3.73. The number of aryl methyl sites for hydroxylation is 1. The Morgan fingerprint density at radius 1 is 1.33 bits per heavy atom. The molecule has 1 N–H and O–H groups in total. The molecular weight excluding hydrogens is 244 g/mol. The molecule has 3 heteroatoms. The molecule has 0 aliphatic rings. The second-order valence-corrected chi connectivity index (χ2v) is 5.21. The lowest BCUT2D eigenvalue weighted by atomic mass is 10.1. The third kappa shape index (κ3) is 3.34. The lowest BCUT2D eigenvalue weighted by Gasteiger charge is -2.11. The van der Waals surface area contributed by atoms with Crippen LogP contribution in [0.1, 0.15) is 29.7 Å². The Balaban J connectivity index is 1.93. The predicted molar refractivity (Wildman–Crippen MR) is 75.3 cm³/mol. The Kier molecular flexibility index (Phi) is 4.39. The van der Waals surface area contributed by atoms with Crippen molar-refractivity contribution in [3.05, 3.63) is 51.7 Å². The van der Waals surface area contributed by atoms with Crippen LogP contribution in [0.4, 0.5) is 0 Å². The molecule has 1 aromatic heterocycles. The van der Waals surface area contributed by atoms with Gasteiger partial charge in [0.15, 0.2) is 0 Å². The normalized spacial score (nSPS) is 12.4. The van der Waals surface area contributed by atoms with Crippen molar-refractivity contribution in [2.24, 2.45) is 0 Å². The summed E-state index contributed by atoms with van der Waals surface area (Å²) in [5, 5.41) is 13.7. The maximum Gasteiger partial charge on any atom is 0.122 e. The molecule has 0 aliphatic heterocycles. The van der Waals surface area contributed by atoms with E-state index in [9.17, 15) is 5.11 Å². The average molecular weight is 262 g/mol. The molecular formula is C15H18O2S. The summed E-state index contributed by atoms with van der Waals surface area (Å²) in [4.78, 5) is 0. The number of aliphatic hydroxyl groups excluding tert-OH is 1. The zero-order valence-electron chi connectivity index (χ0n) is 10.7. The number of rotatable bonds is 5. The average Bonchev–Trinajstić information content (AvgIpc) is 2.84. The summed E-state index contributed by atoms with van der Waals surface area (Å²) >= 11 is 1.71. The minimum Gasteiger partial charge on any atom is -0.493 e. The molecule has 2 rings (SSSR count). The quantitative estimate of drug-likeness (QED) is 0.889. The van der Waals surface area contributed by atoms with Crippen molar-refractivity contribution in [2.75, 3.05) is 6.61 Å². The van der Waals surface area contributed by atoms with Crippen LogP contribution < -0.4 is 4.74 Å². The van der Waals surface area contributed by atoms with Gasteiger partial charge in [-0.05, 0) is 59.5 Å². The number of hydrogen-bond donors (Lipinski definition) is 1. The van der Waals surface area contributed by atoms with Gasteiger partial charge in [0.25, 0.3) is 0 Å². The smallest absolute Gasteiger partial charge is 0.122 e. The Morgan fingerprint density at radius 3 is 2.78 bits per heavy atom. The first-order valence-electron chi connectivity index (χ1n) is 6.09. The van der Waals surface area contributed by atoms with Gasteiger partial charge in [0.1, 0.15) is 5.75 Å². The molecule has 0 saturated carbocycles. The largest absolute Gasteiger partial charge is 0.493 e. The lowest BCUT2D eigenvalue weighted by Crippen LogP contribution is -2.02. The van der Waals surface area contributed by atoms with Gasteiger partial charge in [-0.25, -0.2) is 0 Å². The molecule has 1 heterocycles. The van der Waals surface area contributed by atoms with E-state index in [-0.39, 0.29) is 0 Å². The van der Waals surface area contributed by atoms with Crippen LogP contribution in [0.25, 0.3) is 0 Å². The second-order valence-electron chi connectivity index (χ2n) is 4.43. The molecule has 1 atom stereocenters. The van der Waals surface area contributed by atoms with E-state index in [0.29, 0.717) is 6.61 Å². The molecule has 0 spiro atoms. The van der Waals surface area contributed by atoms with Crippen LogP contribution in [0.3, 0.4) is 0 Å². The summed E-state index contributed by atoms with van der Waals surface area (Å²) in [7, 11) is 0. The number of ether oxygens (including phenoxy) is 1. The molecule has 0 amide bonds.